The second-order valence-corrected chi connectivity index (χ2v) is 5.51. The maximum Gasteiger partial charge on any atom is 0.329 e. The number of ether oxygens (including phenoxy) is 2. The van der Waals surface area contributed by atoms with E-state index in [1.54, 1.807) is 0 Å². The van der Waals surface area contributed by atoms with Crippen molar-refractivity contribution in [2.24, 2.45) is 5.92 Å². The first-order valence-electron chi connectivity index (χ1n) is 7.32. The zero-order valence-electron chi connectivity index (χ0n) is 12.5. The number of carboxylic acids is 1. The van der Waals surface area contributed by atoms with E-state index in [4.69, 9.17) is 19.1 Å². The van der Waals surface area contributed by atoms with Crippen LogP contribution in [0, 0.1) is 5.92 Å². The number of aliphatic carboxylic acids is 1. The van der Waals surface area contributed by atoms with Crippen LogP contribution >= 0.6 is 0 Å². The van der Waals surface area contributed by atoms with Gasteiger partial charge in [-0.1, -0.05) is 12.1 Å². The molecule has 1 saturated carbocycles. The third kappa shape index (κ3) is 4.01. The summed E-state index contributed by atoms with van der Waals surface area (Å²) in [7, 11) is 0. The molecule has 0 aliphatic heterocycles. The SMILES string of the molecule is CCOC1(c2noc(COCC(=O)O)n2)CCC(C)CC1. The molecular weight excluding hydrogens is 276 g/mol. The monoisotopic (exact) mass is 298 g/mol. The molecular formula is C14H22N2O5. The quantitative estimate of drug-likeness (QED) is 0.823. The van der Waals surface area contributed by atoms with Gasteiger partial charge in [0.25, 0.3) is 5.89 Å². The Hall–Kier alpha value is -1.47. The molecule has 0 atom stereocenters. The normalized spacial score (nSPS) is 25.9. The molecule has 0 amide bonds. The van der Waals surface area contributed by atoms with Crippen molar-refractivity contribution in [2.45, 2.75) is 51.7 Å². The van der Waals surface area contributed by atoms with Crippen LogP contribution in [0.3, 0.4) is 0 Å². The molecule has 1 heterocycles. The van der Waals surface area contributed by atoms with Crippen LogP contribution in [-0.4, -0.2) is 34.4 Å². The Bertz CT molecular complexity index is 466. The van der Waals surface area contributed by atoms with Gasteiger partial charge in [0, 0.05) is 6.61 Å². The molecule has 1 aliphatic rings. The van der Waals surface area contributed by atoms with E-state index in [-0.39, 0.29) is 19.1 Å². The van der Waals surface area contributed by atoms with Crippen molar-refractivity contribution >= 4 is 5.97 Å². The van der Waals surface area contributed by atoms with E-state index >= 15 is 0 Å². The van der Waals surface area contributed by atoms with Crippen molar-refractivity contribution in [2.75, 3.05) is 13.2 Å². The lowest BCUT2D eigenvalue weighted by atomic mass is 9.79. The van der Waals surface area contributed by atoms with Gasteiger partial charge in [0.1, 0.15) is 18.8 Å². The molecule has 7 heteroatoms. The first-order valence-corrected chi connectivity index (χ1v) is 7.32. The van der Waals surface area contributed by atoms with Crippen LogP contribution in [0.15, 0.2) is 4.52 Å². The highest BCUT2D eigenvalue weighted by Gasteiger charge is 2.40. The van der Waals surface area contributed by atoms with E-state index in [0.717, 1.165) is 25.7 Å². The molecule has 21 heavy (non-hydrogen) atoms. The van der Waals surface area contributed by atoms with E-state index in [9.17, 15) is 4.79 Å². The summed E-state index contributed by atoms with van der Waals surface area (Å²) >= 11 is 0. The minimum Gasteiger partial charge on any atom is -0.480 e. The molecule has 0 aromatic carbocycles. The summed E-state index contributed by atoms with van der Waals surface area (Å²) in [5, 5.41) is 12.5. The van der Waals surface area contributed by atoms with Crippen molar-refractivity contribution in [3.63, 3.8) is 0 Å². The van der Waals surface area contributed by atoms with Crippen LogP contribution in [0.1, 0.15) is 51.2 Å². The summed E-state index contributed by atoms with van der Waals surface area (Å²) < 4.78 is 16.0. The van der Waals surface area contributed by atoms with Gasteiger partial charge in [0.15, 0.2) is 0 Å². The predicted molar refractivity (Wildman–Crippen MR) is 72.5 cm³/mol. The molecule has 1 N–H and O–H groups in total. The van der Waals surface area contributed by atoms with E-state index < -0.39 is 11.6 Å². The fourth-order valence-electron chi connectivity index (χ4n) is 2.66. The van der Waals surface area contributed by atoms with E-state index in [1.165, 1.54) is 0 Å². The van der Waals surface area contributed by atoms with Crippen molar-refractivity contribution in [3.05, 3.63) is 11.7 Å². The number of hydrogen-bond donors (Lipinski definition) is 1. The standard InChI is InChI=1S/C14H22N2O5/c1-3-20-14(6-4-10(2)5-7-14)13-15-11(21-16-13)8-19-9-12(17)18/h10H,3-9H2,1-2H3,(H,17,18). The fraction of sp³-hybridized carbons (Fsp3) is 0.786. The summed E-state index contributed by atoms with van der Waals surface area (Å²) in [5.41, 5.74) is -0.476. The lowest BCUT2D eigenvalue weighted by Gasteiger charge is -2.36. The number of carbonyl (C=O) groups is 1. The maximum atomic E-state index is 10.4. The number of nitrogens with zero attached hydrogens (tertiary/aromatic N) is 2. The fourth-order valence-corrected chi connectivity index (χ4v) is 2.66. The molecule has 0 radical (unpaired) electrons. The van der Waals surface area contributed by atoms with E-state index in [1.807, 2.05) is 6.92 Å². The Morgan fingerprint density at radius 2 is 2.19 bits per heavy atom. The van der Waals surface area contributed by atoms with Crippen LogP contribution in [0.25, 0.3) is 0 Å². The molecule has 118 valence electrons. The summed E-state index contributed by atoms with van der Waals surface area (Å²) in [4.78, 5) is 14.7. The van der Waals surface area contributed by atoms with Gasteiger partial charge < -0.3 is 19.1 Å². The Labute approximate surface area is 123 Å². The zero-order valence-corrected chi connectivity index (χ0v) is 12.5. The van der Waals surface area contributed by atoms with Crippen molar-refractivity contribution < 1.29 is 23.9 Å². The second kappa shape index (κ2) is 7.00. The average molecular weight is 298 g/mol. The van der Waals surface area contributed by atoms with E-state index in [2.05, 4.69) is 17.1 Å². The molecule has 0 spiro atoms. The maximum absolute atomic E-state index is 10.4. The summed E-state index contributed by atoms with van der Waals surface area (Å²) in [5.74, 6) is 0.486. The first-order chi connectivity index (χ1) is 10.1. The highest BCUT2D eigenvalue weighted by atomic mass is 16.5. The molecule has 1 fully saturated rings. The topological polar surface area (TPSA) is 94.7 Å². The highest BCUT2D eigenvalue weighted by molar-refractivity contribution is 5.67. The van der Waals surface area contributed by atoms with Gasteiger partial charge in [0.05, 0.1) is 0 Å². The highest BCUT2D eigenvalue weighted by Crippen LogP contribution is 2.41. The molecule has 2 rings (SSSR count). The summed E-state index contributed by atoms with van der Waals surface area (Å²) in [6, 6.07) is 0. The van der Waals surface area contributed by atoms with Gasteiger partial charge in [-0.3, -0.25) is 0 Å². The van der Waals surface area contributed by atoms with Crippen LogP contribution in [0.5, 0.6) is 0 Å². The van der Waals surface area contributed by atoms with Gasteiger partial charge in [-0.15, -0.1) is 0 Å². The molecule has 7 nitrogen and oxygen atoms in total. The van der Waals surface area contributed by atoms with E-state index in [0.29, 0.717) is 18.3 Å². The van der Waals surface area contributed by atoms with Crippen molar-refractivity contribution in [3.8, 4) is 0 Å². The predicted octanol–water partition coefficient (Wildman–Crippen LogP) is 2.11. The first kappa shape index (κ1) is 15.9. The number of hydrogen-bond acceptors (Lipinski definition) is 6. The third-order valence-corrected chi connectivity index (χ3v) is 3.83. The minimum absolute atomic E-state index is 0.00208. The number of rotatable bonds is 7. The molecule has 0 unspecified atom stereocenters. The number of carboxylic acid groups (broad SMARTS) is 1. The van der Waals surface area contributed by atoms with Gasteiger partial charge in [0.2, 0.25) is 5.82 Å². The van der Waals surface area contributed by atoms with Gasteiger partial charge in [-0.05, 0) is 38.5 Å². The Morgan fingerprint density at radius 3 is 2.81 bits per heavy atom. The molecule has 1 aliphatic carbocycles. The van der Waals surface area contributed by atoms with Crippen molar-refractivity contribution in [1.82, 2.24) is 10.1 Å². The Morgan fingerprint density at radius 1 is 1.48 bits per heavy atom. The average Bonchev–Trinajstić information content (AvgIpc) is 2.91. The van der Waals surface area contributed by atoms with Gasteiger partial charge in [-0.25, -0.2) is 4.79 Å². The van der Waals surface area contributed by atoms with Crippen LogP contribution in [-0.2, 0) is 26.5 Å². The van der Waals surface area contributed by atoms with Crippen LogP contribution in [0.2, 0.25) is 0 Å². The van der Waals surface area contributed by atoms with Crippen molar-refractivity contribution in [1.29, 1.82) is 0 Å². The zero-order chi connectivity index (χ0) is 15.3. The number of aromatic nitrogens is 2. The lowest BCUT2D eigenvalue weighted by molar-refractivity contribution is -0.142. The van der Waals surface area contributed by atoms with Crippen LogP contribution < -0.4 is 0 Å². The molecule has 1 aromatic rings. The Balaban J connectivity index is 2.04. The largest absolute Gasteiger partial charge is 0.480 e. The molecule has 0 bridgehead atoms. The summed E-state index contributed by atoms with van der Waals surface area (Å²) in [6.07, 6.45) is 3.88. The van der Waals surface area contributed by atoms with Crippen LogP contribution in [0.4, 0.5) is 0 Å². The Kier molecular flexibility index (Phi) is 5.30. The molecule has 1 aromatic heterocycles. The summed E-state index contributed by atoms with van der Waals surface area (Å²) in [6.45, 7) is 4.39. The smallest absolute Gasteiger partial charge is 0.329 e. The minimum atomic E-state index is -1.03. The lowest BCUT2D eigenvalue weighted by Crippen LogP contribution is -2.35. The van der Waals surface area contributed by atoms with Gasteiger partial charge >= 0.3 is 5.97 Å². The second-order valence-electron chi connectivity index (χ2n) is 5.51. The third-order valence-electron chi connectivity index (χ3n) is 3.83. The van der Waals surface area contributed by atoms with Gasteiger partial charge in [-0.2, -0.15) is 4.98 Å². The molecule has 0 saturated heterocycles.